The second-order valence-electron chi connectivity index (χ2n) is 5.76. The van der Waals surface area contributed by atoms with Gasteiger partial charge in [0, 0.05) is 28.5 Å². The Labute approximate surface area is 180 Å². The monoisotopic (exact) mass is 483 g/mol. The Bertz CT molecular complexity index is 977. The highest BCUT2D eigenvalue weighted by molar-refractivity contribution is 9.10. The fourth-order valence-electron chi connectivity index (χ4n) is 2.45. The topological polar surface area (TPSA) is 77.2 Å². The number of nitrogens with one attached hydrogen (secondary N) is 1. The zero-order valence-electron chi connectivity index (χ0n) is 14.8. The second-order valence-corrected chi connectivity index (χ2v) is 7.49. The van der Waals surface area contributed by atoms with E-state index in [0.717, 1.165) is 5.56 Å². The summed E-state index contributed by atoms with van der Waals surface area (Å²) in [6.07, 6.45) is 0.468. The molecule has 0 fully saturated rings. The van der Waals surface area contributed by atoms with Crippen LogP contribution in [0.25, 0.3) is 11.4 Å². The van der Waals surface area contributed by atoms with Crippen molar-refractivity contribution in [3.63, 3.8) is 0 Å². The van der Waals surface area contributed by atoms with Crippen LogP contribution in [0.1, 0.15) is 19.2 Å². The maximum Gasteiger partial charge on any atom is 0.227 e. The molecule has 0 saturated heterocycles. The zero-order valence-corrected chi connectivity index (χ0v) is 17.9. The zero-order chi connectivity index (χ0) is 20.1. The quantitative estimate of drug-likeness (QED) is 0.460. The predicted octanol–water partition coefficient (Wildman–Crippen LogP) is 5.78. The second kappa shape index (κ2) is 9.41. The third-order valence-corrected chi connectivity index (χ3v) is 4.77. The van der Waals surface area contributed by atoms with Gasteiger partial charge in [0.2, 0.25) is 17.6 Å². The van der Waals surface area contributed by atoms with Gasteiger partial charge in [-0.3, -0.25) is 4.79 Å². The number of anilines is 1. The van der Waals surface area contributed by atoms with Gasteiger partial charge in [-0.2, -0.15) is 4.98 Å². The lowest BCUT2D eigenvalue weighted by molar-refractivity contribution is -0.116. The summed E-state index contributed by atoms with van der Waals surface area (Å²) in [4.78, 5) is 16.7. The number of carbonyl (C=O) groups excluding carboxylic acids is 1. The third kappa shape index (κ3) is 5.25. The van der Waals surface area contributed by atoms with E-state index in [1.165, 1.54) is 0 Å². The standard InChI is InChI=1S/C19H16BrCl2N3O3/c1-2-27-18-14(20)9-13(22)10-15(18)23-16(26)7-8-17-24-19(25-28-17)11-3-5-12(21)6-4-11/h3-6,9-10H,2,7-8H2,1H3,(H,23,26). The van der Waals surface area contributed by atoms with Crippen LogP contribution in [-0.2, 0) is 11.2 Å². The Hall–Kier alpha value is -2.09. The van der Waals surface area contributed by atoms with Crippen molar-refractivity contribution in [2.75, 3.05) is 11.9 Å². The fraction of sp³-hybridized carbons (Fsp3) is 0.211. The van der Waals surface area contributed by atoms with Crippen LogP contribution in [0.3, 0.4) is 0 Å². The number of nitrogens with zero attached hydrogens (tertiary/aromatic N) is 2. The lowest BCUT2D eigenvalue weighted by Gasteiger charge is -2.13. The van der Waals surface area contributed by atoms with Crippen molar-refractivity contribution < 1.29 is 14.1 Å². The summed E-state index contributed by atoms with van der Waals surface area (Å²) in [5.41, 5.74) is 1.28. The van der Waals surface area contributed by atoms with Crippen molar-refractivity contribution in [3.8, 4) is 17.1 Å². The Morgan fingerprint density at radius 1 is 1.21 bits per heavy atom. The highest BCUT2D eigenvalue weighted by Crippen LogP contribution is 2.36. The van der Waals surface area contributed by atoms with Crippen LogP contribution in [0.4, 0.5) is 5.69 Å². The summed E-state index contributed by atoms with van der Waals surface area (Å²) in [6.45, 7) is 2.32. The first-order chi connectivity index (χ1) is 13.5. The SMILES string of the molecule is CCOc1c(Br)cc(Cl)cc1NC(=O)CCc1nc(-c2ccc(Cl)cc2)no1. The molecule has 0 radical (unpaired) electrons. The van der Waals surface area contributed by atoms with Crippen molar-refractivity contribution in [2.45, 2.75) is 19.8 Å². The first-order valence-electron chi connectivity index (χ1n) is 8.46. The van der Waals surface area contributed by atoms with E-state index in [-0.39, 0.29) is 12.3 Å². The molecule has 0 aliphatic carbocycles. The number of aromatic nitrogens is 2. The summed E-state index contributed by atoms with van der Waals surface area (Å²) < 4.78 is 11.5. The molecule has 0 atom stereocenters. The van der Waals surface area contributed by atoms with Crippen molar-refractivity contribution in [2.24, 2.45) is 0 Å². The lowest BCUT2D eigenvalue weighted by Crippen LogP contribution is -2.13. The summed E-state index contributed by atoms with van der Waals surface area (Å²) in [5.74, 6) is 1.13. The summed E-state index contributed by atoms with van der Waals surface area (Å²) in [5, 5.41) is 7.85. The van der Waals surface area contributed by atoms with Crippen LogP contribution in [0.5, 0.6) is 5.75 Å². The number of ether oxygens (including phenoxy) is 1. The summed E-state index contributed by atoms with van der Waals surface area (Å²) >= 11 is 15.3. The van der Waals surface area contributed by atoms with E-state index >= 15 is 0 Å². The molecule has 0 unspecified atom stereocenters. The molecule has 1 heterocycles. The Morgan fingerprint density at radius 2 is 1.96 bits per heavy atom. The predicted molar refractivity (Wildman–Crippen MR) is 112 cm³/mol. The van der Waals surface area contributed by atoms with E-state index in [9.17, 15) is 4.79 Å². The molecular formula is C19H16BrCl2N3O3. The largest absolute Gasteiger partial charge is 0.491 e. The van der Waals surface area contributed by atoms with Gasteiger partial charge in [0.25, 0.3) is 0 Å². The molecule has 2 aromatic carbocycles. The molecule has 3 aromatic rings. The molecule has 6 nitrogen and oxygen atoms in total. The first kappa shape index (κ1) is 20.6. The Kier molecular flexibility index (Phi) is 6.93. The highest BCUT2D eigenvalue weighted by atomic mass is 79.9. The van der Waals surface area contributed by atoms with E-state index in [2.05, 4.69) is 31.4 Å². The van der Waals surface area contributed by atoms with Crippen LogP contribution in [-0.4, -0.2) is 22.7 Å². The van der Waals surface area contributed by atoms with Gasteiger partial charge in [0.15, 0.2) is 5.75 Å². The maximum absolute atomic E-state index is 12.3. The number of carbonyl (C=O) groups is 1. The number of halogens is 3. The molecule has 0 spiro atoms. The summed E-state index contributed by atoms with van der Waals surface area (Å²) in [6, 6.07) is 10.4. The van der Waals surface area contributed by atoms with Gasteiger partial charge < -0.3 is 14.6 Å². The maximum atomic E-state index is 12.3. The number of aryl methyl sites for hydroxylation is 1. The minimum Gasteiger partial charge on any atom is -0.491 e. The first-order valence-corrected chi connectivity index (χ1v) is 10.0. The number of amides is 1. The Morgan fingerprint density at radius 3 is 2.68 bits per heavy atom. The van der Waals surface area contributed by atoms with Crippen LogP contribution in [0.2, 0.25) is 10.0 Å². The molecule has 1 N–H and O–H groups in total. The molecular weight excluding hydrogens is 469 g/mol. The minimum atomic E-state index is -0.221. The molecule has 28 heavy (non-hydrogen) atoms. The van der Waals surface area contributed by atoms with Gasteiger partial charge in [-0.15, -0.1) is 0 Å². The van der Waals surface area contributed by atoms with Crippen molar-refractivity contribution in [3.05, 3.63) is 56.8 Å². The van der Waals surface area contributed by atoms with Gasteiger partial charge in [-0.25, -0.2) is 0 Å². The van der Waals surface area contributed by atoms with Gasteiger partial charge in [0.05, 0.1) is 16.8 Å². The van der Waals surface area contributed by atoms with Gasteiger partial charge in [-0.1, -0.05) is 28.4 Å². The fourth-order valence-corrected chi connectivity index (χ4v) is 3.50. The third-order valence-electron chi connectivity index (χ3n) is 3.71. The van der Waals surface area contributed by atoms with E-state index in [4.69, 9.17) is 32.5 Å². The van der Waals surface area contributed by atoms with Crippen molar-refractivity contribution in [1.29, 1.82) is 0 Å². The minimum absolute atomic E-state index is 0.165. The molecule has 0 aliphatic heterocycles. The smallest absolute Gasteiger partial charge is 0.227 e. The van der Waals surface area contributed by atoms with Crippen molar-refractivity contribution >= 4 is 50.7 Å². The van der Waals surface area contributed by atoms with E-state index in [1.807, 2.05) is 6.92 Å². The number of hydrogen-bond donors (Lipinski definition) is 1. The van der Waals surface area contributed by atoms with Crippen LogP contribution in [0, 0.1) is 0 Å². The normalized spacial score (nSPS) is 10.7. The van der Waals surface area contributed by atoms with Crippen molar-refractivity contribution in [1.82, 2.24) is 10.1 Å². The number of benzene rings is 2. The van der Waals surface area contributed by atoms with Crippen LogP contribution >= 0.6 is 39.1 Å². The average molecular weight is 485 g/mol. The van der Waals surface area contributed by atoms with Gasteiger partial charge >= 0.3 is 0 Å². The molecule has 146 valence electrons. The summed E-state index contributed by atoms with van der Waals surface area (Å²) in [7, 11) is 0. The van der Waals surface area contributed by atoms with E-state index < -0.39 is 0 Å². The van der Waals surface area contributed by atoms with Gasteiger partial charge in [-0.05, 0) is 59.3 Å². The lowest BCUT2D eigenvalue weighted by atomic mass is 10.2. The van der Waals surface area contributed by atoms with E-state index in [0.29, 0.717) is 50.7 Å². The molecule has 0 saturated carbocycles. The molecule has 0 aliphatic rings. The molecule has 1 aromatic heterocycles. The highest BCUT2D eigenvalue weighted by Gasteiger charge is 2.15. The molecule has 9 heteroatoms. The number of hydrogen-bond acceptors (Lipinski definition) is 5. The molecule has 3 rings (SSSR count). The number of rotatable bonds is 7. The van der Waals surface area contributed by atoms with Gasteiger partial charge in [0.1, 0.15) is 0 Å². The van der Waals surface area contributed by atoms with Crippen LogP contribution in [0.15, 0.2) is 45.4 Å². The average Bonchev–Trinajstić information content (AvgIpc) is 3.12. The molecule has 1 amide bonds. The van der Waals surface area contributed by atoms with Crippen LogP contribution < -0.4 is 10.1 Å². The van der Waals surface area contributed by atoms with E-state index in [1.54, 1.807) is 36.4 Å². The Balaban J connectivity index is 1.63. The molecule has 0 bridgehead atoms.